The predicted octanol–water partition coefficient (Wildman–Crippen LogP) is 2.51. The summed E-state index contributed by atoms with van der Waals surface area (Å²) >= 11 is 1.53. The van der Waals surface area contributed by atoms with Gasteiger partial charge in [0.05, 0.1) is 5.69 Å². The first-order chi connectivity index (χ1) is 8.11. The minimum Gasteiger partial charge on any atom is -0.375 e. The molecule has 0 aliphatic heterocycles. The van der Waals surface area contributed by atoms with E-state index in [2.05, 4.69) is 37.0 Å². The second-order valence-electron chi connectivity index (χ2n) is 4.16. The molecule has 0 aliphatic rings. The van der Waals surface area contributed by atoms with Gasteiger partial charge < -0.3 is 11.5 Å². The van der Waals surface area contributed by atoms with Crippen molar-refractivity contribution in [1.29, 1.82) is 0 Å². The average molecular weight is 247 g/mol. The van der Waals surface area contributed by atoms with Gasteiger partial charge in [0.2, 0.25) is 0 Å². The molecule has 1 heterocycles. The van der Waals surface area contributed by atoms with Crippen LogP contribution in [0.3, 0.4) is 0 Å². The van der Waals surface area contributed by atoms with E-state index in [-0.39, 0.29) is 0 Å². The summed E-state index contributed by atoms with van der Waals surface area (Å²) in [7, 11) is 0. The van der Waals surface area contributed by atoms with Gasteiger partial charge in [0.15, 0.2) is 5.13 Å². The van der Waals surface area contributed by atoms with E-state index in [4.69, 9.17) is 11.5 Å². The zero-order valence-corrected chi connectivity index (χ0v) is 11.0. The van der Waals surface area contributed by atoms with Crippen LogP contribution in [0.15, 0.2) is 18.2 Å². The monoisotopic (exact) mass is 247 g/mol. The van der Waals surface area contributed by atoms with Gasteiger partial charge in [-0.05, 0) is 44.0 Å². The van der Waals surface area contributed by atoms with Gasteiger partial charge in [0.1, 0.15) is 0 Å². The molecule has 3 nitrogen and oxygen atoms in total. The number of benzene rings is 1. The number of hydrogen-bond acceptors (Lipinski definition) is 4. The Morgan fingerprint density at radius 1 is 1.24 bits per heavy atom. The molecule has 4 N–H and O–H groups in total. The molecular formula is C13H17N3S. The first-order valence-corrected chi connectivity index (χ1v) is 6.46. The van der Waals surface area contributed by atoms with Gasteiger partial charge >= 0.3 is 0 Å². The highest BCUT2D eigenvalue weighted by molar-refractivity contribution is 7.15. The van der Waals surface area contributed by atoms with Crippen molar-refractivity contribution in [2.24, 2.45) is 5.73 Å². The molecule has 1 aromatic carbocycles. The van der Waals surface area contributed by atoms with Gasteiger partial charge in [-0.15, -0.1) is 11.3 Å². The Bertz CT molecular complexity index is 531. The zero-order chi connectivity index (χ0) is 12.4. The summed E-state index contributed by atoms with van der Waals surface area (Å²) in [6.45, 7) is 4.84. The van der Waals surface area contributed by atoms with Crippen LogP contribution in [0.4, 0.5) is 5.13 Å². The molecule has 0 radical (unpaired) electrons. The summed E-state index contributed by atoms with van der Waals surface area (Å²) in [4.78, 5) is 5.59. The lowest BCUT2D eigenvalue weighted by Gasteiger charge is -2.05. The van der Waals surface area contributed by atoms with Crippen LogP contribution in [0.5, 0.6) is 0 Å². The summed E-state index contributed by atoms with van der Waals surface area (Å²) in [5.41, 5.74) is 16.1. The van der Waals surface area contributed by atoms with Crippen LogP contribution in [0.25, 0.3) is 11.3 Å². The Morgan fingerprint density at radius 2 is 2.00 bits per heavy atom. The van der Waals surface area contributed by atoms with Gasteiger partial charge in [0, 0.05) is 10.4 Å². The van der Waals surface area contributed by atoms with Gasteiger partial charge in [-0.2, -0.15) is 0 Å². The fourth-order valence-corrected chi connectivity index (χ4v) is 2.65. The molecule has 0 atom stereocenters. The van der Waals surface area contributed by atoms with E-state index in [1.54, 1.807) is 0 Å². The van der Waals surface area contributed by atoms with E-state index in [1.807, 2.05) is 0 Å². The maximum absolute atomic E-state index is 5.78. The third-order valence-electron chi connectivity index (χ3n) is 2.87. The molecule has 90 valence electrons. The SMILES string of the molecule is Cc1ccc(-c2nc(N)sc2CCN)cc1C. The Hall–Kier alpha value is -1.39. The highest BCUT2D eigenvalue weighted by Crippen LogP contribution is 2.30. The van der Waals surface area contributed by atoms with Crippen molar-refractivity contribution in [2.45, 2.75) is 20.3 Å². The number of thiazole rings is 1. The molecule has 0 bridgehead atoms. The van der Waals surface area contributed by atoms with E-state index in [9.17, 15) is 0 Å². The topological polar surface area (TPSA) is 64.9 Å². The van der Waals surface area contributed by atoms with Crippen LogP contribution < -0.4 is 11.5 Å². The molecule has 17 heavy (non-hydrogen) atoms. The minimum absolute atomic E-state index is 0.613. The molecule has 0 amide bonds. The lowest BCUT2D eigenvalue weighted by molar-refractivity contribution is 0.986. The van der Waals surface area contributed by atoms with Crippen LogP contribution in [0.2, 0.25) is 0 Å². The summed E-state index contributed by atoms with van der Waals surface area (Å²) in [6, 6.07) is 6.37. The molecule has 1 aromatic heterocycles. The van der Waals surface area contributed by atoms with Crippen molar-refractivity contribution in [2.75, 3.05) is 12.3 Å². The molecule has 4 heteroatoms. The molecule has 2 aromatic rings. The second-order valence-corrected chi connectivity index (χ2v) is 5.28. The van der Waals surface area contributed by atoms with Crippen LogP contribution in [-0.4, -0.2) is 11.5 Å². The number of nitrogens with two attached hydrogens (primary N) is 2. The Labute approximate surface area is 105 Å². The molecular weight excluding hydrogens is 230 g/mol. The van der Waals surface area contributed by atoms with Crippen molar-refractivity contribution >= 4 is 16.5 Å². The first-order valence-electron chi connectivity index (χ1n) is 5.64. The van der Waals surface area contributed by atoms with Crippen molar-refractivity contribution in [3.05, 3.63) is 34.2 Å². The highest BCUT2D eigenvalue weighted by atomic mass is 32.1. The maximum atomic E-state index is 5.78. The summed E-state index contributed by atoms with van der Waals surface area (Å²) < 4.78 is 0. The van der Waals surface area contributed by atoms with Crippen molar-refractivity contribution < 1.29 is 0 Å². The fraction of sp³-hybridized carbons (Fsp3) is 0.308. The minimum atomic E-state index is 0.613. The van der Waals surface area contributed by atoms with Crippen LogP contribution in [-0.2, 0) is 6.42 Å². The molecule has 2 rings (SSSR count). The fourth-order valence-electron chi connectivity index (χ4n) is 1.78. The second kappa shape index (κ2) is 4.85. The lowest BCUT2D eigenvalue weighted by Crippen LogP contribution is -2.02. The van der Waals surface area contributed by atoms with E-state index in [0.29, 0.717) is 11.7 Å². The molecule has 0 saturated carbocycles. The Morgan fingerprint density at radius 3 is 2.65 bits per heavy atom. The van der Waals surface area contributed by atoms with Gasteiger partial charge in [0.25, 0.3) is 0 Å². The number of nitrogen functional groups attached to an aromatic ring is 1. The third-order valence-corrected chi connectivity index (χ3v) is 3.81. The number of rotatable bonds is 3. The number of hydrogen-bond donors (Lipinski definition) is 2. The predicted molar refractivity (Wildman–Crippen MR) is 74.2 cm³/mol. The van der Waals surface area contributed by atoms with Crippen LogP contribution >= 0.6 is 11.3 Å². The highest BCUT2D eigenvalue weighted by Gasteiger charge is 2.11. The first kappa shape index (κ1) is 12.1. The molecule has 0 saturated heterocycles. The lowest BCUT2D eigenvalue weighted by atomic mass is 10.0. The Kier molecular flexibility index (Phi) is 3.45. The maximum Gasteiger partial charge on any atom is 0.180 e. The third kappa shape index (κ3) is 2.48. The molecule has 0 spiro atoms. The van der Waals surface area contributed by atoms with E-state index in [0.717, 1.165) is 17.7 Å². The summed E-state index contributed by atoms with van der Waals surface area (Å²) in [6.07, 6.45) is 0.830. The normalized spacial score (nSPS) is 10.8. The van der Waals surface area contributed by atoms with E-state index < -0.39 is 0 Å². The van der Waals surface area contributed by atoms with Crippen molar-refractivity contribution in [1.82, 2.24) is 4.98 Å². The zero-order valence-electron chi connectivity index (χ0n) is 10.2. The largest absolute Gasteiger partial charge is 0.375 e. The quantitative estimate of drug-likeness (QED) is 0.876. The van der Waals surface area contributed by atoms with Gasteiger partial charge in [-0.3, -0.25) is 0 Å². The number of nitrogens with zero attached hydrogens (tertiary/aromatic N) is 1. The van der Waals surface area contributed by atoms with Gasteiger partial charge in [-0.1, -0.05) is 12.1 Å². The van der Waals surface area contributed by atoms with E-state index >= 15 is 0 Å². The summed E-state index contributed by atoms with van der Waals surface area (Å²) in [5, 5.41) is 0.613. The standard InChI is InChI=1S/C13H17N3S/c1-8-3-4-10(7-9(8)2)12-11(5-6-14)17-13(15)16-12/h3-4,7H,5-6,14H2,1-2H3,(H2,15,16). The number of aryl methyl sites for hydroxylation is 2. The molecule has 0 aliphatic carbocycles. The molecule has 0 unspecified atom stereocenters. The van der Waals surface area contributed by atoms with Crippen LogP contribution in [0.1, 0.15) is 16.0 Å². The van der Waals surface area contributed by atoms with Crippen LogP contribution in [0, 0.1) is 13.8 Å². The van der Waals surface area contributed by atoms with Gasteiger partial charge in [-0.25, -0.2) is 4.98 Å². The smallest absolute Gasteiger partial charge is 0.180 e. The summed E-state index contributed by atoms with van der Waals surface area (Å²) in [5.74, 6) is 0. The van der Waals surface area contributed by atoms with Crippen molar-refractivity contribution in [3.8, 4) is 11.3 Å². The number of aromatic nitrogens is 1. The van der Waals surface area contributed by atoms with Crippen molar-refractivity contribution in [3.63, 3.8) is 0 Å². The average Bonchev–Trinajstić information content (AvgIpc) is 2.64. The Balaban J connectivity index is 2.47. The number of anilines is 1. The molecule has 0 fully saturated rings. The van der Waals surface area contributed by atoms with E-state index in [1.165, 1.54) is 27.3 Å².